The topological polar surface area (TPSA) is 32.3 Å². The van der Waals surface area contributed by atoms with Gasteiger partial charge in [0.05, 0.1) is 5.56 Å². The zero-order chi connectivity index (χ0) is 15.5. The van der Waals surface area contributed by atoms with Crippen LogP contribution in [-0.4, -0.2) is 37.0 Å². The van der Waals surface area contributed by atoms with Crippen molar-refractivity contribution in [3.05, 3.63) is 21.4 Å². The van der Waals surface area contributed by atoms with Crippen molar-refractivity contribution in [3.63, 3.8) is 0 Å². The summed E-state index contributed by atoms with van der Waals surface area (Å²) >= 11 is 1.80. The van der Waals surface area contributed by atoms with E-state index in [2.05, 4.69) is 29.4 Å². The third-order valence-electron chi connectivity index (χ3n) is 5.22. The van der Waals surface area contributed by atoms with Gasteiger partial charge in [-0.1, -0.05) is 13.8 Å². The molecule has 0 bridgehead atoms. The average molecular weight is 357 g/mol. The van der Waals surface area contributed by atoms with Crippen molar-refractivity contribution in [2.75, 3.05) is 26.2 Å². The zero-order valence-corrected chi connectivity index (χ0v) is 15.9. The number of fused-ring (bicyclic) bond motifs is 1. The summed E-state index contributed by atoms with van der Waals surface area (Å²) in [6.07, 6.45) is 5.77. The second-order valence-electron chi connectivity index (χ2n) is 6.94. The van der Waals surface area contributed by atoms with E-state index >= 15 is 0 Å². The maximum Gasteiger partial charge on any atom is 0.254 e. The van der Waals surface area contributed by atoms with Crippen molar-refractivity contribution in [3.8, 4) is 0 Å². The highest BCUT2D eigenvalue weighted by molar-refractivity contribution is 7.10. The lowest BCUT2D eigenvalue weighted by atomic mass is 9.88. The van der Waals surface area contributed by atoms with E-state index in [1.807, 2.05) is 0 Å². The summed E-state index contributed by atoms with van der Waals surface area (Å²) in [6, 6.07) is 0. The lowest BCUT2D eigenvalue weighted by molar-refractivity contribution is 0.0689. The molecule has 1 aromatic heterocycles. The van der Waals surface area contributed by atoms with E-state index in [4.69, 9.17) is 0 Å². The Hall–Kier alpha value is -0.580. The van der Waals surface area contributed by atoms with Crippen LogP contribution in [0.3, 0.4) is 0 Å². The molecule has 1 N–H and O–H groups in total. The SMILES string of the molecule is CCNCC1CCN(C(=O)c2csc3c2CCC(C)C3)CC1.Cl. The lowest BCUT2D eigenvalue weighted by Crippen LogP contribution is -2.41. The van der Waals surface area contributed by atoms with Gasteiger partial charge in [-0.25, -0.2) is 0 Å². The molecule has 5 heteroatoms. The molecule has 1 amide bonds. The quantitative estimate of drug-likeness (QED) is 0.890. The monoisotopic (exact) mass is 356 g/mol. The first kappa shape index (κ1) is 18.8. The van der Waals surface area contributed by atoms with Crippen LogP contribution in [0.1, 0.15) is 53.9 Å². The smallest absolute Gasteiger partial charge is 0.254 e. The van der Waals surface area contributed by atoms with E-state index in [-0.39, 0.29) is 18.3 Å². The fourth-order valence-corrected chi connectivity index (χ4v) is 4.95. The number of amides is 1. The molecule has 3 rings (SSSR count). The first-order valence-corrected chi connectivity index (χ1v) is 9.66. The molecule has 0 radical (unpaired) electrons. The fraction of sp³-hybridized carbons (Fsp3) is 0.722. The molecule has 1 saturated heterocycles. The molecule has 1 aliphatic carbocycles. The second-order valence-corrected chi connectivity index (χ2v) is 7.91. The van der Waals surface area contributed by atoms with Crippen LogP contribution >= 0.6 is 23.7 Å². The normalized spacial score (nSPS) is 21.7. The van der Waals surface area contributed by atoms with Crippen LogP contribution < -0.4 is 5.32 Å². The number of hydrogen-bond acceptors (Lipinski definition) is 3. The molecule has 0 saturated carbocycles. The van der Waals surface area contributed by atoms with Crippen molar-refractivity contribution in [2.45, 2.75) is 46.0 Å². The van der Waals surface area contributed by atoms with E-state index in [0.717, 1.165) is 69.3 Å². The Balaban J connectivity index is 0.00000192. The number of nitrogens with one attached hydrogen (secondary N) is 1. The molecule has 0 aromatic carbocycles. The molecular formula is C18H29ClN2OS. The predicted molar refractivity (Wildman–Crippen MR) is 99.9 cm³/mol. The number of halogens is 1. The van der Waals surface area contributed by atoms with Gasteiger partial charge in [0, 0.05) is 23.3 Å². The Morgan fingerprint density at radius 2 is 2.09 bits per heavy atom. The number of rotatable bonds is 4. The molecule has 1 unspecified atom stereocenters. The summed E-state index contributed by atoms with van der Waals surface area (Å²) in [7, 11) is 0. The van der Waals surface area contributed by atoms with Crippen LogP contribution in [0.4, 0.5) is 0 Å². The van der Waals surface area contributed by atoms with Crippen LogP contribution in [0.25, 0.3) is 0 Å². The van der Waals surface area contributed by atoms with Gasteiger partial charge in [0.1, 0.15) is 0 Å². The highest BCUT2D eigenvalue weighted by Gasteiger charge is 2.28. The van der Waals surface area contributed by atoms with Gasteiger partial charge in [-0.05, 0) is 62.6 Å². The predicted octanol–water partition coefficient (Wildman–Crippen LogP) is 3.76. The maximum atomic E-state index is 12.9. The Kier molecular flexibility index (Phi) is 6.93. The van der Waals surface area contributed by atoms with Gasteiger partial charge in [-0.15, -0.1) is 23.7 Å². The van der Waals surface area contributed by atoms with Crippen molar-refractivity contribution in [1.82, 2.24) is 10.2 Å². The van der Waals surface area contributed by atoms with Crippen LogP contribution in [0, 0.1) is 11.8 Å². The molecular weight excluding hydrogens is 328 g/mol. The first-order valence-electron chi connectivity index (χ1n) is 8.78. The largest absolute Gasteiger partial charge is 0.339 e. The van der Waals surface area contributed by atoms with Crippen LogP contribution in [-0.2, 0) is 12.8 Å². The van der Waals surface area contributed by atoms with Crippen molar-refractivity contribution >= 4 is 29.7 Å². The van der Waals surface area contributed by atoms with Gasteiger partial charge in [0.15, 0.2) is 0 Å². The van der Waals surface area contributed by atoms with Crippen LogP contribution in [0.2, 0.25) is 0 Å². The number of likely N-dealkylation sites (tertiary alicyclic amines) is 1. The van der Waals surface area contributed by atoms with Crippen molar-refractivity contribution < 1.29 is 4.79 Å². The third kappa shape index (κ3) is 4.28. The number of thiophene rings is 1. The van der Waals surface area contributed by atoms with Gasteiger partial charge in [0.2, 0.25) is 0 Å². The number of piperidine rings is 1. The Bertz CT molecular complexity index is 523. The molecule has 23 heavy (non-hydrogen) atoms. The summed E-state index contributed by atoms with van der Waals surface area (Å²) in [4.78, 5) is 16.4. The Labute approximate surface area is 150 Å². The lowest BCUT2D eigenvalue weighted by Gasteiger charge is -2.32. The molecule has 3 nitrogen and oxygen atoms in total. The minimum absolute atomic E-state index is 0. The Morgan fingerprint density at radius 3 is 2.78 bits per heavy atom. The standard InChI is InChI=1S/C18H28N2OS.ClH/c1-3-19-11-14-6-8-20(9-7-14)18(21)16-12-22-17-10-13(2)4-5-15(16)17;/h12-14,19H,3-11H2,1-2H3;1H. The third-order valence-corrected chi connectivity index (χ3v) is 6.27. The van der Waals surface area contributed by atoms with Gasteiger partial charge < -0.3 is 10.2 Å². The van der Waals surface area contributed by atoms with E-state index in [1.165, 1.54) is 16.9 Å². The minimum Gasteiger partial charge on any atom is -0.339 e. The van der Waals surface area contributed by atoms with Crippen LogP contribution in [0.15, 0.2) is 5.38 Å². The van der Waals surface area contributed by atoms with E-state index < -0.39 is 0 Å². The summed E-state index contributed by atoms with van der Waals surface area (Å²) in [6.45, 7) is 8.47. The fourth-order valence-electron chi connectivity index (χ4n) is 3.72. The van der Waals surface area contributed by atoms with E-state index in [9.17, 15) is 4.79 Å². The van der Waals surface area contributed by atoms with Crippen molar-refractivity contribution in [1.29, 1.82) is 0 Å². The van der Waals surface area contributed by atoms with Gasteiger partial charge in [-0.3, -0.25) is 4.79 Å². The molecule has 2 aliphatic rings. The summed E-state index contributed by atoms with van der Waals surface area (Å²) in [5.41, 5.74) is 2.37. The maximum absolute atomic E-state index is 12.9. The molecule has 2 heterocycles. The highest BCUT2D eigenvalue weighted by atomic mass is 35.5. The minimum atomic E-state index is 0. The van der Waals surface area contributed by atoms with Gasteiger partial charge >= 0.3 is 0 Å². The number of nitrogens with zero attached hydrogens (tertiary/aromatic N) is 1. The summed E-state index contributed by atoms with van der Waals surface area (Å²) < 4.78 is 0. The molecule has 1 aromatic rings. The number of hydrogen-bond donors (Lipinski definition) is 1. The average Bonchev–Trinajstić information content (AvgIpc) is 2.95. The molecule has 130 valence electrons. The van der Waals surface area contributed by atoms with E-state index in [1.54, 1.807) is 11.3 Å². The highest BCUT2D eigenvalue weighted by Crippen LogP contribution is 2.33. The van der Waals surface area contributed by atoms with Gasteiger partial charge in [-0.2, -0.15) is 0 Å². The molecule has 1 aliphatic heterocycles. The summed E-state index contributed by atoms with van der Waals surface area (Å²) in [5, 5.41) is 5.55. The first-order chi connectivity index (χ1) is 10.7. The van der Waals surface area contributed by atoms with E-state index in [0.29, 0.717) is 0 Å². The number of carbonyl (C=O) groups excluding carboxylic acids is 1. The number of carbonyl (C=O) groups is 1. The van der Waals surface area contributed by atoms with Crippen molar-refractivity contribution in [2.24, 2.45) is 11.8 Å². The Morgan fingerprint density at radius 1 is 1.35 bits per heavy atom. The summed E-state index contributed by atoms with van der Waals surface area (Å²) in [5.74, 6) is 1.80. The molecule has 0 spiro atoms. The molecule has 1 atom stereocenters. The molecule has 1 fully saturated rings. The zero-order valence-electron chi connectivity index (χ0n) is 14.3. The van der Waals surface area contributed by atoms with Crippen LogP contribution in [0.5, 0.6) is 0 Å². The second kappa shape index (κ2) is 8.50. The van der Waals surface area contributed by atoms with Gasteiger partial charge in [0.25, 0.3) is 5.91 Å².